The third kappa shape index (κ3) is 0.975. The van der Waals surface area contributed by atoms with Gasteiger partial charge in [-0.3, -0.25) is 0 Å². The maximum atomic E-state index is 8.74. The third-order valence-corrected chi connectivity index (χ3v) is 2.48. The normalized spacial score (nSPS) is 10.0. The van der Waals surface area contributed by atoms with Crippen LogP contribution >= 0.6 is 22.6 Å². The average molecular weight is 269 g/mol. The highest BCUT2D eigenvalue weighted by Gasteiger charge is 2.04. The van der Waals surface area contributed by atoms with Crippen LogP contribution in [0.4, 0.5) is 0 Å². The standard InChI is InChI=1S/C8H4IN3/c9-7-2-1-3-12-8(7)6(4-10)5-11-12/h1-3,5H. The van der Waals surface area contributed by atoms with Crippen molar-refractivity contribution in [3.05, 3.63) is 33.7 Å². The largest absolute Gasteiger partial charge is 0.239 e. The zero-order valence-corrected chi connectivity index (χ0v) is 8.19. The number of halogens is 1. The zero-order valence-electron chi connectivity index (χ0n) is 6.03. The van der Waals surface area contributed by atoms with Crippen LogP contribution in [0.3, 0.4) is 0 Å². The molecule has 12 heavy (non-hydrogen) atoms. The van der Waals surface area contributed by atoms with Crippen molar-refractivity contribution in [2.24, 2.45) is 0 Å². The number of hydrogen-bond donors (Lipinski definition) is 0. The second-order valence-corrected chi connectivity index (χ2v) is 3.48. The van der Waals surface area contributed by atoms with Crippen LogP contribution in [0.5, 0.6) is 0 Å². The molecule has 0 fully saturated rings. The van der Waals surface area contributed by atoms with Crippen molar-refractivity contribution in [3.8, 4) is 6.07 Å². The first-order chi connectivity index (χ1) is 5.83. The first-order valence-corrected chi connectivity index (χ1v) is 4.43. The van der Waals surface area contributed by atoms with Gasteiger partial charge < -0.3 is 0 Å². The minimum absolute atomic E-state index is 0.625. The van der Waals surface area contributed by atoms with Gasteiger partial charge in [0, 0.05) is 9.77 Å². The quantitative estimate of drug-likeness (QED) is 0.684. The van der Waals surface area contributed by atoms with Crippen LogP contribution < -0.4 is 0 Å². The molecule has 2 rings (SSSR count). The molecule has 0 aliphatic carbocycles. The van der Waals surface area contributed by atoms with Gasteiger partial charge in [0.15, 0.2) is 0 Å². The summed E-state index contributed by atoms with van der Waals surface area (Å²) in [5.41, 5.74) is 1.51. The molecule has 0 spiro atoms. The van der Waals surface area contributed by atoms with Crippen molar-refractivity contribution in [1.82, 2.24) is 9.61 Å². The van der Waals surface area contributed by atoms with E-state index in [0.29, 0.717) is 5.56 Å². The van der Waals surface area contributed by atoms with Gasteiger partial charge in [-0.25, -0.2) is 4.52 Å². The van der Waals surface area contributed by atoms with Gasteiger partial charge in [-0.2, -0.15) is 10.4 Å². The Balaban J connectivity index is 2.95. The third-order valence-electron chi connectivity index (χ3n) is 1.61. The highest BCUT2D eigenvalue weighted by molar-refractivity contribution is 14.1. The molecule has 0 aliphatic rings. The van der Waals surface area contributed by atoms with E-state index in [1.165, 1.54) is 0 Å². The van der Waals surface area contributed by atoms with Crippen molar-refractivity contribution < 1.29 is 0 Å². The molecule has 0 saturated heterocycles. The van der Waals surface area contributed by atoms with Crippen LogP contribution in [-0.4, -0.2) is 9.61 Å². The molecule has 2 heterocycles. The summed E-state index contributed by atoms with van der Waals surface area (Å²) in [5, 5.41) is 12.8. The van der Waals surface area contributed by atoms with Gasteiger partial charge in [0.2, 0.25) is 0 Å². The van der Waals surface area contributed by atoms with Gasteiger partial charge in [0.1, 0.15) is 6.07 Å². The summed E-state index contributed by atoms with van der Waals surface area (Å²) in [6, 6.07) is 5.97. The van der Waals surface area contributed by atoms with Gasteiger partial charge in [-0.15, -0.1) is 0 Å². The molecule has 0 unspecified atom stereocenters. The van der Waals surface area contributed by atoms with Gasteiger partial charge in [0.05, 0.1) is 17.3 Å². The Labute approximate surface area is 82.8 Å². The number of hydrogen-bond acceptors (Lipinski definition) is 2. The number of aromatic nitrogens is 2. The van der Waals surface area contributed by atoms with Crippen LogP contribution in [0.1, 0.15) is 5.56 Å². The summed E-state index contributed by atoms with van der Waals surface area (Å²) in [7, 11) is 0. The van der Waals surface area contributed by atoms with Gasteiger partial charge >= 0.3 is 0 Å². The number of fused-ring (bicyclic) bond motifs is 1. The van der Waals surface area contributed by atoms with Crippen LogP contribution in [0.15, 0.2) is 24.5 Å². The van der Waals surface area contributed by atoms with E-state index in [4.69, 9.17) is 5.26 Å². The summed E-state index contributed by atoms with van der Waals surface area (Å²) >= 11 is 2.19. The first-order valence-electron chi connectivity index (χ1n) is 3.35. The van der Waals surface area contributed by atoms with E-state index >= 15 is 0 Å². The number of pyridine rings is 1. The Hall–Kier alpha value is -1.09. The Bertz CT molecular complexity index is 467. The fourth-order valence-corrected chi connectivity index (χ4v) is 1.83. The molecule has 0 saturated carbocycles. The average Bonchev–Trinajstić information content (AvgIpc) is 2.49. The van der Waals surface area contributed by atoms with E-state index < -0.39 is 0 Å². The van der Waals surface area contributed by atoms with E-state index in [2.05, 4.69) is 33.8 Å². The molecule has 0 atom stereocenters. The van der Waals surface area contributed by atoms with Crippen LogP contribution in [0.25, 0.3) is 5.52 Å². The van der Waals surface area contributed by atoms with Gasteiger partial charge in [-0.1, -0.05) is 0 Å². The molecular weight excluding hydrogens is 265 g/mol. The lowest BCUT2D eigenvalue weighted by Gasteiger charge is -1.94. The lowest BCUT2D eigenvalue weighted by atomic mass is 10.3. The van der Waals surface area contributed by atoms with Crippen LogP contribution in [-0.2, 0) is 0 Å². The van der Waals surface area contributed by atoms with Crippen molar-refractivity contribution in [2.45, 2.75) is 0 Å². The minimum Gasteiger partial charge on any atom is -0.239 e. The number of rotatable bonds is 0. The van der Waals surface area contributed by atoms with Crippen molar-refractivity contribution in [1.29, 1.82) is 5.26 Å². The van der Waals surface area contributed by atoms with Crippen LogP contribution in [0.2, 0.25) is 0 Å². The molecule has 3 nitrogen and oxygen atoms in total. The monoisotopic (exact) mass is 269 g/mol. The number of nitriles is 1. The van der Waals surface area contributed by atoms with E-state index in [1.54, 1.807) is 10.7 Å². The second kappa shape index (κ2) is 2.75. The maximum Gasteiger partial charge on any atom is 0.103 e. The summed E-state index contributed by atoms with van der Waals surface area (Å²) in [6.07, 6.45) is 3.41. The summed E-state index contributed by atoms with van der Waals surface area (Å²) in [5.74, 6) is 0. The maximum absolute atomic E-state index is 8.74. The van der Waals surface area contributed by atoms with E-state index in [9.17, 15) is 0 Å². The molecule has 58 valence electrons. The molecule has 0 amide bonds. The molecular formula is C8H4IN3. The Morgan fingerprint density at radius 3 is 3.17 bits per heavy atom. The lowest BCUT2D eigenvalue weighted by molar-refractivity contribution is 0.958. The molecule has 0 radical (unpaired) electrons. The molecule has 2 aromatic rings. The smallest absolute Gasteiger partial charge is 0.103 e. The summed E-state index contributed by atoms with van der Waals surface area (Å²) in [4.78, 5) is 0. The molecule has 0 aromatic carbocycles. The predicted octanol–water partition coefficient (Wildman–Crippen LogP) is 1.81. The highest BCUT2D eigenvalue weighted by Crippen LogP contribution is 2.16. The Morgan fingerprint density at radius 2 is 2.42 bits per heavy atom. The highest BCUT2D eigenvalue weighted by atomic mass is 127. The number of nitrogens with zero attached hydrogens (tertiary/aromatic N) is 3. The Morgan fingerprint density at radius 1 is 1.58 bits per heavy atom. The molecule has 0 bridgehead atoms. The Kier molecular flexibility index (Phi) is 1.73. The fourth-order valence-electron chi connectivity index (χ4n) is 1.08. The summed E-state index contributed by atoms with van der Waals surface area (Å²) in [6.45, 7) is 0. The fraction of sp³-hybridized carbons (Fsp3) is 0. The molecule has 2 aromatic heterocycles. The van der Waals surface area contributed by atoms with Crippen molar-refractivity contribution >= 4 is 28.1 Å². The van der Waals surface area contributed by atoms with Gasteiger partial charge in [0.25, 0.3) is 0 Å². The van der Waals surface area contributed by atoms with Gasteiger partial charge in [-0.05, 0) is 34.7 Å². The van der Waals surface area contributed by atoms with Crippen molar-refractivity contribution in [3.63, 3.8) is 0 Å². The predicted molar refractivity (Wildman–Crippen MR) is 52.6 cm³/mol. The lowest BCUT2D eigenvalue weighted by Crippen LogP contribution is -1.87. The van der Waals surface area contributed by atoms with Crippen LogP contribution in [0, 0.1) is 14.9 Å². The van der Waals surface area contributed by atoms with E-state index in [-0.39, 0.29) is 0 Å². The van der Waals surface area contributed by atoms with Crippen molar-refractivity contribution in [2.75, 3.05) is 0 Å². The molecule has 0 N–H and O–H groups in total. The van der Waals surface area contributed by atoms with E-state index in [0.717, 1.165) is 9.09 Å². The SMILES string of the molecule is N#Cc1cnn2cccc(I)c12. The van der Waals surface area contributed by atoms with E-state index in [1.807, 2.05) is 18.3 Å². The summed E-state index contributed by atoms with van der Waals surface area (Å²) < 4.78 is 2.75. The zero-order chi connectivity index (χ0) is 8.55. The molecule has 4 heteroatoms. The second-order valence-electron chi connectivity index (χ2n) is 2.32. The topological polar surface area (TPSA) is 41.1 Å². The first kappa shape index (κ1) is 7.55. The molecule has 0 aliphatic heterocycles. The minimum atomic E-state index is 0.625.